The second-order valence-electron chi connectivity index (χ2n) is 5.17. The van der Waals surface area contributed by atoms with Crippen LogP contribution >= 0.6 is 11.8 Å². The van der Waals surface area contributed by atoms with Gasteiger partial charge < -0.3 is 10.4 Å². The van der Waals surface area contributed by atoms with Crippen molar-refractivity contribution in [3.63, 3.8) is 0 Å². The van der Waals surface area contributed by atoms with Crippen molar-refractivity contribution in [2.75, 3.05) is 12.8 Å². The van der Waals surface area contributed by atoms with Gasteiger partial charge in [0, 0.05) is 17.3 Å². The van der Waals surface area contributed by atoms with Gasteiger partial charge in [0.1, 0.15) is 5.75 Å². The van der Waals surface area contributed by atoms with E-state index in [0.29, 0.717) is 16.5 Å². The maximum atomic E-state index is 9.33. The molecule has 1 aromatic rings. The summed E-state index contributed by atoms with van der Waals surface area (Å²) >= 11 is 2.01. The molecule has 3 heteroatoms. The molecule has 0 heterocycles. The molecule has 0 aromatic heterocycles. The van der Waals surface area contributed by atoms with Crippen molar-refractivity contribution >= 4 is 11.8 Å². The Balaban J connectivity index is 1.95. The van der Waals surface area contributed by atoms with Crippen LogP contribution in [0, 0.1) is 0 Å². The first-order valence-corrected chi connectivity index (χ1v) is 7.99. The summed E-state index contributed by atoms with van der Waals surface area (Å²) in [6.07, 6.45) is 7.36. The van der Waals surface area contributed by atoms with Gasteiger partial charge in [-0.2, -0.15) is 11.8 Å². The van der Waals surface area contributed by atoms with Gasteiger partial charge >= 0.3 is 0 Å². The smallest absolute Gasteiger partial charge is 0.115 e. The van der Waals surface area contributed by atoms with Crippen LogP contribution in [0.15, 0.2) is 24.3 Å². The summed E-state index contributed by atoms with van der Waals surface area (Å²) in [7, 11) is 0. The molecule has 100 valence electrons. The molecule has 2 rings (SSSR count). The molecule has 18 heavy (non-hydrogen) atoms. The largest absolute Gasteiger partial charge is 0.508 e. The number of nitrogens with one attached hydrogen (secondary N) is 1. The number of thioether (sulfide) groups is 1. The predicted molar refractivity (Wildman–Crippen MR) is 79.2 cm³/mol. The molecular formula is C15H23NOS. The molecule has 1 unspecified atom stereocenters. The fourth-order valence-electron chi connectivity index (χ4n) is 2.54. The highest BCUT2D eigenvalue weighted by atomic mass is 32.2. The van der Waals surface area contributed by atoms with Gasteiger partial charge in [0.05, 0.1) is 0 Å². The predicted octanol–water partition coefficient (Wildman–Crippen LogP) is 3.72. The van der Waals surface area contributed by atoms with E-state index in [0.717, 1.165) is 13.0 Å². The van der Waals surface area contributed by atoms with E-state index < -0.39 is 0 Å². The maximum absolute atomic E-state index is 9.33. The van der Waals surface area contributed by atoms with E-state index in [2.05, 4.69) is 18.5 Å². The summed E-state index contributed by atoms with van der Waals surface area (Å²) in [6, 6.07) is 7.97. The fraction of sp³-hybridized carbons (Fsp3) is 0.600. The van der Waals surface area contributed by atoms with Crippen molar-refractivity contribution in [1.29, 1.82) is 0 Å². The molecule has 0 radical (unpaired) electrons. The highest BCUT2D eigenvalue weighted by molar-refractivity contribution is 8.00. The number of hydrogen-bond donors (Lipinski definition) is 2. The summed E-state index contributed by atoms with van der Waals surface area (Å²) < 4.78 is 0.477. The Morgan fingerprint density at radius 2 is 2.00 bits per heavy atom. The Bertz CT molecular complexity index is 367. The zero-order valence-electron chi connectivity index (χ0n) is 11.3. The molecule has 2 N–H and O–H groups in total. The van der Waals surface area contributed by atoms with Crippen LogP contribution in [0.4, 0.5) is 0 Å². The first-order valence-electron chi connectivity index (χ1n) is 6.76. The van der Waals surface area contributed by atoms with Crippen molar-refractivity contribution in [3.05, 3.63) is 29.8 Å². The molecule has 0 spiro atoms. The van der Waals surface area contributed by atoms with Crippen LogP contribution in [-0.4, -0.2) is 22.7 Å². The van der Waals surface area contributed by atoms with Crippen LogP contribution in [0.5, 0.6) is 5.75 Å². The first-order chi connectivity index (χ1) is 8.69. The molecule has 0 saturated heterocycles. The lowest BCUT2D eigenvalue weighted by molar-refractivity contribution is 0.328. The Morgan fingerprint density at radius 1 is 1.33 bits per heavy atom. The molecule has 0 aliphatic heterocycles. The summed E-state index contributed by atoms with van der Waals surface area (Å²) in [5, 5.41) is 13.0. The number of benzene rings is 1. The van der Waals surface area contributed by atoms with E-state index in [-0.39, 0.29) is 0 Å². The minimum absolute atomic E-state index is 0.341. The summed E-state index contributed by atoms with van der Waals surface area (Å²) in [6.45, 7) is 3.30. The summed E-state index contributed by atoms with van der Waals surface area (Å²) in [5.74, 6) is 0.341. The molecule has 0 bridgehead atoms. The van der Waals surface area contributed by atoms with Crippen molar-refractivity contribution in [2.45, 2.75) is 43.4 Å². The number of rotatable bonds is 6. The van der Waals surface area contributed by atoms with Gasteiger partial charge in [0.25, 0.3) is 0 Å². The van der Waals surface area contributed by atoms with Gasteiger partial charge in [0.15, 0.2) is 0 Å². The van der Waals surface area contributed by atoms with Crippen molar-refractivity contribution in [3.8, 4) is 5.75 Å². The number of phenolic OH excluding ortho intramolecular Hbond substituents is 1. The minimum Gasteiger partial charge on any atom is -0.508 e. The third kappa shape index (κ3) is 3.01. The van der Waals surface area contributed by atoms with Crippen LogP contribution < -0.4 is 5.32 Å². The summed E-state index contributed by atoms with van der Waals surface area (Å²) in [5.41, 5.74) is 1.27. The van der Waals surface area contributed by atoms with Crippen LogP contribution in [-0.2, 0) is 0 Å². The Hall–Kier alpha value is -0.670. The van der Waals surface area contributed by atoms with Gasteiger partial charge in [-0.05, 0) is 43.2 Å². The second-order valence-corrected chi connectivity index (χ2v) is 6.45. The second kappa shape index (κ2) is 5.98. The van der Waals surface area contributed by atoms with E-state index in [1.807, 2.05) is 23.9 Å². The van der Waals surface area contributed by atoms with Crippen LogP contribution in [0.2, 0.25) is 0 Å². The standard InChI is InChI=1S/C15H23NOS/c1-3-14(12-5-7-13(17)8-6-12)16-11-15(18-2)9-4-10-15/h5-8,14,16-17H,3-4,9-11H2,1-2H3. The lowest BCUT2D eigenvalue weighted by atomic mass is 9.84. The van der Waals surface area contributed by atoms with Crippen LogP contribution in [0.1, 0.15) is 44.2 Å². The van der Waals surface area contributed by atoms with Crippen molar-refractivity contribution in [2.24, 2.45) is 0 Å². The van der Waals surface area contributed by atoms with Gasteiger partial charge in [-0.25, -0.2) is 0 Å². The number of hydrogen-bond acceptors (Lipinski definition) is 3. The van der Waals surface area contributed by atoms with Crippen LogP contribution in [0.25, 0.3) is 0 Å². The Morgan fingerprint density at radius 3 is 2.44 bits per heavy atom. The molecule has 1 aliphatic rings. The number of aromatic hydroxyl groups is 1. The third-order valence-corrected chi connectivity index (χ3v) is 5.49. The van der Waals surface area contributed by atoms with Gasteiger partial charge in [0.2, 0.25) is 0 Å². The molecule has 1 aromatic carbocycles. The fourth-order valence-corrected chi connectivity index (χ4v) is 3.46. The van der Waals surface area contributed by atoms with E-state index >= 15 is 0 Å². The van der Waals surface area contributed by atoms with E-state index in [4.69, 9.17) is 0 Å². The van der Waals surface area contributed by atoms with E-state index in [1.165, 1.54) is 24.8 Å². The maximum Gasteiger partial charge on any atom is 0.115 e. The zero-order chi connectivity index (χ0) is 13.0. The van der Waals surface area contributed by atoms with Gasteiger partial charge in [-0.1, -0.05) is 25.5 Å². The van der Waals surface area contributed by atoms with E-state index in [1.54, 1.807) is 12.1 Å². The minimum atomic E-state index is 0.341. The average Bonchev–Trinajstić information content (AvgIpc) is 2.35. The normalized spacial score (nSPS) is 19.2. The number of phenols is 1. The van der Waals surface area contributed by atoms with Crippen molar-refractivity contribution in [1.82, 2.24) is 5.32 Å². The highest BCUT2D eigenvalue weighted by Gasteiger charge is 2.36. The Kier molecular flexibility index (Phi) is 4.57. The monoisotopic (exact) mass is 265 g/mol. The molecule has 2 nitrogen and oxygen atoms in total. The van der Waals surface area contributed by atoms with E-state index in [9.17, 15) is 5.11 Å². The van der Waals surface area contributed by atoms with Gasteiger partial charge in [-0.15, -0.1) is 0 Å². The third-order valence-electron chi connectivity index (χ3n) is 4.07. The molecule has 1 fully saturated rings. The molecule has 0 amide bonds. The summed E-state index contributed by atoms with van der Waals surface area (Å²) in [4.78, 5) is 0. The van der Waals surface area contributed by atoms with Gasteiger partial charge in [-0.3, -0.25) is 0 Å². The lowest BCUT2D eigenvalue weighted by Gasteiger charge is -2.41. The molecule has 1 aliphatic carbocycles. The SMILES string of the molecule is CCC(NCC1(SC)CCC1)c1ccc(O)cc1. The quantitative estimate of drug-likeness (QED) is 0.822. The van der Waals surface area contributed by atoms with Crippen LogP contribution in [0.3, 0.4) is 0 Å². The zero-order valence-corrected chi connectivity index (χ0v) is 12.1. The molecule has 1 saturated carbocycles. The average molecular weight is 265 g/mol. The highest BCUT2D eigenvalue weighted by Crippen LogP contribution is 2.42. The van der Waals surface area contributed by atoms with Crippen molar-refractivity contribution < 1.29 is 5.11 Å². The molecule has 1 atom stereocenters. The Labute approximate surface area is 114 Å². The lowest BCUT2D eigenvalue weighted by Crippen LogP contribution is -2.44. The topological polar surface area (TPSA) is 32.3 Å². The first kappa shape index (κ1) is 13.8. The molecular weight excluding hydrogens is 242 g/mol.